The molecule has 0 amide bonds. The first-order chi connectivity index (χ1) is 11.4. The maximum absolute atomic E-state index is 13.4. The number of benzene rings is 2. The second-order valence-corrected chi connectivity index (χ2v) is 8.21. The molecule has 0 saturated carbocycles. The number of nitrogens with zero attached hydrogens (tertiary/aromatic N) is 1. The van der Waals surface area contributed by atoms with Crippen molar-refractivity contribution in [2.45, 2.75) is 18.4 Å². The molecule has 0 spiro atoms. The highest BCUT2D eigenvalue weighted by atomic mass is 32.2. The summed E-state index contributed by atoms with van der Waals surface area (Å²) in [4.78, 5) is 0.311. The standard InChI is InChI=1S/C18H26N3O2S/c1-16-7-9-18(10-8-16)24(22,23)21(13-11-19,14-12-20)15-17-5-3-2-4-6-17/h2-10H,11-15,19-20H2,1H3/q+1. The Morgan fingerprint density at radius 1 is 0.875 bits per heavy atom. The first-order valence-electron chi connectivity index (χ1n) is 8.07. The van der Waals surface area contributed by atoms with E-state index in [4.69, 9.17) is 11.5 Å². The van der Waals surface area contributed by atoms with Crippen LogP contribution in [0, 0.1) is 6.92 Å². The number of hydrogen-bond acceptors (Lipinski definition) is 4. The average molecular weight is 348 g/mol. The Morgan fingerprint density at radius 2 is 1.42 bits per heavy atom. The lowest BCUT2D eigenvalue weighted by Crippen LogP contribution is -2.56. The largest absolute Gasteiger partial charge is 0.327 e. The monoisotopic (exact) mass is 348 g/mol. The fourth-order valence-corrected chi connectivity index (χ4v) is 4.85. The van der Waals surface area contributed by atoms with Crippen molar-refractivity contribution in [2.75, 3.05) is 26.2 Å². The van der Waals surface area contributed by atoms with Gasteiger partial charge in [0.25, 0.3) is 0 Å². The predicted molar refractivity (Wildman–Crippen MR) is 96.6 cm³/mol. The van der Waals surface area contributed by atoms with E-state index in [1.54, 1.807) is 12.1 Å². The summed E-state index contributed by atoms with van der Waals surface area (Å²) in [5.41, 5.74) is 13.5. The summed E-state index contributed by atoms with van der Waals surface area (Å²) in [7, 11) is -3.62. The molecule has 6 heteroatoms. The zero-order chi connectivity index (χ0) is 17.6. The summed E-state index contributed by atoms with van der Waals surface area (Å²) in [5.74, 6) is 0. The fourth-order valence-electron chi connectivity index (χ4n) is 2.92. The number of rotatable bonds is 8. The Balaban J connectivity index is 2.52. The number of sulfonamides is 1. The minimum Gasteiger partial charge on any atom is -0.326 e. The molecule has 2 aromatic carbocycles. The van der Waals surface area contributed by atoms with Crippen LogP contribution in [0.1, 0.15) is 11.1 Å². The molecule has 0 fully saturated rings. The van der Waals surface area contributed by atoms with Crippen LogP contribution in [0.2, 0.25) is 0 Å². The van der Waals surface area contributed by atoms with E-state index in [0.29, 0.717) is 24.5 Å². The van der Waals surface area contributed by atoms with Gasteiger partial charge in [0.1, 0.15) is 24.5 Å². The number of quaternary nitrogens is 1. The molecule has 130 valence electrons. The van der Waals surface area contributed by atoms with Gasteiger partial charge in [0, 0.05) is 18.7 Å². The van der Waals surface area contributed by atoms with Gasteiger partial charge in [0.15, 0.2) is 0 Å². The third-order valence-corrected chi connectivity index (χ3v) is 6.60. The van der Waals surface area contributed by atoms with Gasteiger partial charge in [-0.3, -0.25) is 0 Å². The summed E-state index contributed by atoms with van der Waals surface area (Å²) in [6.07, 6.45) is 0. The molecule has 0 aliphatic heterocycles. The molecule has 0 unspecified atom stereocenters. The first-order valence-corrected chi connectivity index (χ1v) is 9.51. The van der Waals surface area contributed by atoms with Gasteiger partial charge in [-0.2, -0.15) is 8.42 Å². The second kappa shape index (κ2) is 7.90. The Labute approximate surface area is 144 Å². The zero-order valence-corrected chi connectivity index (χ0v) is 14.9. The SMILES string of the molecule is Cc1ccc(S(=O)(=O)[N+](CCN)(CCN)Cc2ccccc2)cc1. The maximum atomic E-state index is 13.4. The van der Waals surface area contributed by atoms with Crippen molar-refractivity contribution in [3.05, 3.63) is 65.7 Å². The highest BCUT2D eigenvalue weighted by molar-refractivity contribution is 7.86. The molecule has 0 aliphatic carbocycles. The first kappa shape index (κ1) is 18.6. The molecule has 2 rings (SSSR count). The average Bonchev–Trinajstić information content (AvgIpc) is 2.56. The van der Waals surface area contributed by atoms with E-state index >= 15 is 0 Å². The van der Waals surface area contributed by atoms with E-state index in [1.165, 1.54) is 0 Å². The molecule has 0 aliphatic rings. The van der Waals surface area contributed by atoms with Gasteiger partial charge in [-0.25, -0.2) is 3.89 Å². The normalized spacial score (nSPS) is 12.3. The number of hydrogen-bond donors (Lipinski definition) is 2. The molecule has 0 atom stereocenters. The Morgan fingerprint density at radius 3 is 1.92 bits per heavy atom. The van der Waals surface area contributed by atoms with Crippen LogP contribution in [0.4, 0.5) is 0 Å². The third kappa shape index (κ3) is 3.84. The summed E-state index contributed by atoms with van der Waals surface area (Å²) >= 11 is 0. The van der Waals surface area contributed by atoms with Crippen LogP contribution in [-0.2, 0) is 16.6 Å². The van der Waals surface area contributed by atoms with Crippen LogP contribution < -0.4 is 11.5 Å². The molecule has 0 bridgehead atoms. The minimum absolute atomic E-state index is 0.160. The van der Waals surface area contributed by atoms with Gasteiger partial charge >= 0.3 is 10.0 Å². The van der Waals surface area contributed by atoms with Crippen LogP contribution in [0.25, 0.3) is 0 Å². The van der Waals surface area contributed by atoms with Gasteiger partial charge in [-0.15, -0.1) is 0 Å². The van der Waals surface area contributed by atoms with Crippen molar-refractivity contribution in [1.82, 2.24) is 0 Å². The molecule has 0 radical (unpaired) electrons. The summed E-state index contributed by atoms with van der Waals surface area (Å²) in [5, 5.41) is 0. The van der Waals surface area contributed by atoms with Gasteiger partial charge < -0.3 is 11.5 Å². The van der Waals surface area contributed by atoms with Gasteiger partial charge in [-0.05, 0) is 19.1 Å². The van der Waals surface area contributed by atoms with Crippen molar-refractivity contribution in [3.8, 4) is 0 Å². The van der Waals surface area contributed by atoms with E-state index in [2.05, 4.69) is 0 Å². The lowest BCUT2D eigenvalue weighted by atomic mass is 10.2. The molecule has 5 nitrogen and oxygen atoms in total. The van der Waals surface area contributed by atoms with Crippen LogP contribution in [0.3, 0.4) is 0 Å². The predicted octanol–water partition coefficient (Wildman–Crippen LogP) is 1.62. The molecule has 4 N–H and O–H groups in total. The Hall–Kier alpha value is -1.73. The number of nitrogens with two attached hydrogens (primary N) is 2. The van der Waals surface area contributed by atoms with E-state index in [0.717, 1.165) is 11.1 Å². The van der Waals surface area contributed by atoms with Crippen molar-refractivity contribution in [2.24, 2.45) is 11.5 Å². The molecule has 0 aromatic heterocycles. The van der Waals surface area contributed by atoms with Crippen LogP contribution in [0.5, 0.6) is 0 Å². The van der Waals surface area contributed by atoms with Gasteiger partial charge in [0.05, 0.1) is 0 Å². The molecule has 2 aromatic rings. The Bertz CT molecular complexity index is 738. The summed E-state index contributed by atoms with van der Waals surface area (Å²) in [6, 6.07) is 16.6. The smallest absolute Gasteiger partial charge is 0.326 e. The van der Waals surface area contributed by atoms with Crippen LogP contribution >= 0.6 is 0 Å². The van der Waals surface area contributed by atoms with Crippen molar-refractivity contribution >= 4 is 10.0 Å². The molecular weight excluding hydrogens is 322 g/mol. The summed E-state index contributed by atoms with van der Waals surface area (Å²) < 4.78 is 26.7. The van der Waals surface area contributed by atoms with E-state index in [-0.39, 0.29) is 17.0 Å². The Kier molecular flexibility index (Phi) is 6.12. The third-order valence-electron chi connectivity index (χ3n) is 4.22. The van der Waals surface area contributed by atoms with E-state index in [9.17, 15) is 8.42 Å². The zero-order valence-electron chi connectivity index (χ0n) is 14.1. The van der Waals surface area contributed by atoms with Gasteiger partial charge in [0.2, 0.25) is 0 Å². The maximum Gasteiger partial charge on any atom is 0.327 e. The summed E-state index contributed by atoms with van der Waals surface area (Å²) in [6.45, 7) is 3.48. The number of aryl methyl sites for hydroxylation is 1. The fraction of sp³-hybridized carbons (Fsp3) is 0.333. The van der Waals surface area contributed by atoms with Crippen molar-refractivity contribution in [3.63, 3.8) is 0 Å². The van der Waals surface area contributed by atoms with Crippen molar-refractivity contribution in [1.29, 1.82) is 0 Å². The molecule has 0 heterocycles. The highest BCUT2D eigenvalue weighted by Crippen LogP contribution is 2.27. The van der Waals surface area contributed by atoms with Crippen LogP contribution in [0.15, 0.2) is 59.5 Å². The van der Waals surface area contributed by atoms with E-state index < -0.39 is 10.0 Å². The highest BCUT2D eigenvalue weighted by Gasteiger charge is 2.42. The topological polar surface area (TPSA) is 86.2 Å². The van der Waals surface area contributed by atoms with Crippen LogP contribution in [-0.4, -0.2) is 38.5 Å². The molecule has 0 saturated heterocycles. The lowest BCUT2D eigenvalue weighted by molar-refractivity contribution is -0.817. The second-order valence-electron chi connectivity index (χ2n) is 6.01. The molecule has 24 heavy (non-hydrogen) atoms. The lowest BCUT2D eigenvalue weighted by Gasteiger charge is -2.36. The quantitative estimate of drug-likeness (QED) is 0.710. The minimum atomic E-state index is -3.62. The van der Waals surface area contributed by atoms with Crippen molar-refractivity contribution < 1.29 is 12.3 Å². The van der Waals surface area contributed by atoms with Gasteiger partial charge in [-0.1, -0.05) is 48.0 Å². The van der Waals surface area contributed by atoms with E-state index in [1.807, 2.05) is 49.4 Å². The molecular formula is C18H26N3O2S+.